The summed E-state index contributed by atoms with van der Waals surface area (Å²) in [6, 6.07) is -1.25. The topological polar surface area (TPSA) is 295 Å². The highest BCUT2D eigenvalue weighted by molar-refractivity contribution is 5.83. The molecule has 2 amide bonds. The van der Waals surface area contributed by atoms with Gasteiger partial charge in [-0.15, -0.1) is 0 Å². The second-order valence-electron chi connectivity index (χ2n) is 20.1. The number of carbonyl (C=O) groups excluding carboxylic acids is 2. The van der Waals surface area contributed by atoms with Crippen LogP contribution in [0.15, 0.2) is 0 Å². The fraction of sp³-hybridized carbons (Fsp3) is 0.848. The lowest BCUT2D eigenvalue weighted by molar-refractivity contribution is -0.202. The number of aliphatic hydroxyl groups is 2. The highest BCUT2D eigenvalue weighted by Gasteiger charge is 2.65. The van der Waals surface area contributed by atoms with Gasteiger partial charge in [0.05, 0.1) is 38.4 Å². The SMILES string of the molecule is CCC[C@@H](C)[C@H]1CC[C@H]2[C@@H]3[C@H](O)C[C@@H]4C[C@@H](NC(=O)CCC(=O)NCCCCC(C(=O)O)N(CCN(CC(=O)O)CC(=O)O)CCN(CC(=O)O)CC(=O)O)CC[C@]4(C)[C@H]3C[C@H](O)[C@]12C. The van der Waals surface area contributed by atoms with Gasteiger partial charge in [-0.25, -0.2) is 0 Å². The third-order valence-corrected chi connectivity index (χ3v) is 16.0. The van der Waals surface area contributed by atoms with Crippen molar-refractivity contribution in [3.05, 3.63) is 0 Å². The molecular weight excluding hydrogens is 847 g/mol. The molecule has 0 radical (unpaired) electrons. The van der Waals surface area contributed by atoms with Crippen molar-refractivity contribution in [2.75, 3.05) is 58.9 Å². The standard InChI is InChI=1S/C46H77N5O14/c1-5-8-28(2)31-10-11-32-43-33(23-36(53)46(31,32)4)45(3)15-14-30(21-29(45)22-35(43)52)48-38(55)13-12-37(54)47-16-7-6-9-34(44(64)65)51(19-17-49(24-39(56)57)25-40(58)59)20-18-50(26-41(60)61)27-42(62)63/h28-36,43,52-53H,5-27H2,1-4H3,(H,47,54)(H,48,55)(H,56,57)(H,58,59)(H,60,61)(H,62,63)(H,64,65)/t28-,29+,30+,31-,32+,33+,34?,35-,36+,43+,45+,46-/m1/s1. The molecule has 4 fully saturated rings. The molecule has 19 nitrogen and oxygen atoms in total. The van der Waals surface area contributed by atoms with Crippen LogP contribution in [0.5, 0.6) is 0 Å². The van der Waals surface area contributed by atoms with Crippen molar-refractivity contribution in [1.82, 2.24) is 25.3 Å². The molecule has 65 heavy (non-hydrogen) atoms. The molecule has 0 spiro atoms. The molecule has 1 unspecified atom stereocenters. The molecule has 0 aromatic heterocycles. The molecule has 4 aliphatic carbocycles. The highest BCUT2D eigenvalue weighted by Crippen LogP contribution is 2.68. The monoisotopic (exact) mass is 924 g/mol. The highest BCUT2D eigenvalue weighted by atomic mass is 16.4. The van der Waals surface area contributed by atoms with Gasteiger partial charge in [-0.3, -0.25) is 48.3 Å². The van der Waals surface area contributed by atoms with Crippen LogP contribution in [-0.4, -0.2) is 175 Å². The second kappa shape index (κ2) is 24.2. The number of carboxylic acid groups (broad SMARTS) is 5. The Balaban J connectivity index is 1.24. The van der Waals surface area contributed by atoms with Gasteiger partial charge in [-0.2, -0.15) is 0 Å². The smallest absolute Gasteiger partial charge is 0.320 e. The molecule has 0 aromatic rings. The molecule has 9 N–H and O–H groups in total. The van der Waals surface area contributed by atoms with E-state index in [2.05, 4.69) is 38.3 Å². The number of nitrogens with one attached hydrogen (secondary N) is 2. The van der Waals surface area contributed by atoms with Gasteiger partial charge in [0, 0.05) is 51.6 Å². The Morgan fingerprint density at radius 1 is 0.692 bits per heavy atom. The first kappa shape index (κ1) is 53.7. The van der Waals surface area contributed by atoms with E-state index in [1.807, 2.05) is 0 Å². The Labute approximate surface area is 382 Å². The summed E-state index contributed by atoms with van der Waals surface area (Å²) < 4.78 is 0. The molecule has 0 aliphatic heterocycles. The lowest BCUT2D eigenvalue weighted by atomic mass is 9.43. The molecule has 0 heterocycles. The maximum Gasteiger partial charge on any atom is 0.320 e. The minimum atomic E-state index is -1.29. The number of unbranched alkanes of at least 4 members (excludes halogenated alkanes) is 1. The van der Waals surface area contributed by atoms with Gasteiger partial charge in [0.15, 0.2) is 0 Å². The summed E-state index contributed by atoms with van der Waals surface area (Å²) in [6.45, 7) is 6.35. The van der Waals surface area contributed by atoms with Crippen molar-refractivity contribution in [3.8, 4) is 0 Å². The number of nitrogens with zero attached hydrogens (tertiary/aromatic N) is 3. The van der Waals surface area contributed by atoms with Gasteiger partial charge < -0.3 is 46.4 Å². The average molecular weight is 924 g/mol. The van der Waals surface area contributed by atoms with Gasteiger partial charge in [0.25, 0.3) is 0 Å². The zero-order chi connectivity index (χ0) is 48.2. The number of carbonyl (C=O) groups is 7. The Kier molecular flexibility index (Phi) is 20.0. The van der Waals surface area contributed by atoms with E-state index in [1.165, 1.54) is 4.90 Å². The molecule has 12 atom stereocenters. The van der Waals surface area contributed by atoms with E-state index in [9.17, 15) is 69.3 Å². The van der Waals surface area contributed by atoms with Crippen LogP contribution in [0, 0.1) is 46.3 Å². The zero-order valence-electron chi connectivity index (χ0n) is 38.9. The van der Waals surface area contributed by atoms with Crippen LogP contribution in [-0.2, 0) is 33.6 Å². The normalized spacial score (nSPS) is 30.5. The van der Waals surface area contributed by atoms with Crippen LogP contribution in [0.25, 0.3) is 0 Å². The number of hydrogen-bond acceptors (Lipinski definition) is 12. The first-order valence-corrected chi connectivity index (χ1v) is 23.8. The number of aliphatic hydroxyl groups excluding tert-OH is 2. The third kappa shape index (κ3) is 14.3. The zero-order valence-corrected chi connectivity index (χ0v) is 38.9. The molecule has 0 aromatic carbocycles. The Morgan fingerprint density at radius 2 is 1.26 bits per heavy atom. The van der Waals surface area contributed by atoms with Crippen LogP contribution in [0.3, 0.4) is 0 Å². The van der Waals surface area contributed by atoms with Gasteiger partial charge in [0.1, 0.15) is 6.04 Å². The fourth-order valence-electron chi connectivity index (χ4n) is 12.9. The number of rotatable bonds is 28. The summed E-state index contributed by atoms with van der Waals surface area (Å²) in [7, 11) is 0. The number of aliphatic carboxylic acids is 5. The van der Waals surface area contributed by atoms with Crippen LogP contribution >= 0.6 is 0 Å². The van der Waals surface area contributed by atoms with Crippen molar-refractivity contribution >= 4 is 41.7 Å². The molecule has 4 saturated carbocycles. The lowest BCUT2D eigenvalue weighted by Crippen LogP contribution is -2.63. The summed E-state index contributed by atoms with van der Waals surface area (Å²) in [5.41, 5.74) is -0.229. The molecular formula is C46H77N5O14. The first-order valence-electron chi connectivity index (χ1n) is 23.8. The fourth-order valence-corrected chi connectivity index (χ4v) is 12.9. The van der Waals surface area contributed by atoms with Gasteiger partial charge in [0.2, 0.25) is 11.8 Å². The van der Waals surface area contributed by atoms with Crippen molar-refractivity contribution in [1.29, 1.82) is 0 Å². The van der Waals surface area contributed by atoms with Crippen molar-refractivity contribution < 1.29 is 69.3 Å². The predicted molar refractivity (Wildman–Crippen MR) is 237 cm³/mol. The van der Waals surface area contributed by atoms with E-state index < -0.39 is 74.3 Å². The van der Waals surface area contributed by atoms with E-state index in [0.717, 1.165) is 54.7 Å². The maximum absolute atomic E-state index is 13.1. The Bertz CT molecular complexity index is 1600. The minimum absolute atomic E-state index is 0.0146. The van der Waals surface area contributed by atoms with Crippen LogP contribution < -0.4 is 10.6 Å². The lowest BCUT2D eigenvalue weighted by Gasteiger charge is -2.63. The Morgan fingerprint density at radius 3 is 1.80 bits per heavy atom. The number of fused-ring (bicyclic) bond motifs is 5. The molecule has 0 bridgehead atoms. The summed E-state index contributed by atoms with van der Waals surface area (Å²) in [6.07, 6.45) is 8.08. The second-order valence-corrected chi connectivity index (χ2v) is 20.1. The predicted octanol–water partition coefficient (Wildman–Crippen LogP) is 2.27. The minimum Gasteiger partial charge on any atom is -0.480 e. The largest absolute Gasteiger partial charge is 0.480 e. The van der Waals surface area contributed by atoms with Crippen LogP contribution in [0.2, 0.25) is 0 Å². The molecule has 0 saturated heterocycles. The summed E-state index contributed by atoms with van der Waals surface area (Å²) in [5.74, 6) is -5.09. The van der Waals surface area contributed by atoms with Gasteiger partial charge in [-0.05, 0) is 111 Å². The average Bonchev–Trinajstić information content (AvgIpc) is 3.57. The van der Waals surface area contributed by atoms with E-state index in [1.54, 1.807) is 0 Å². The van der Waals surface area contributed by atoms with Crippen molar-refractivity contribution in [2.45, 2.75) is 142 Å². The summed E-state index contributed by atoms with van der Waals surface area (Å²) in [4.78, 5) is 87.4. The first-order chi connectivity index (χ1) is 30.6. The summed E-state index contributed by atoms with van der Waals surface area (Å²) in [5, 5.41) is 76.8. The van der Waals surface area contributed by atoms with E-state index in [-0.39, 0.29) is 98.4 Å². The molecule has 370 valence electrons. The maximum atomic E-state index is 13.1. The number of amides is 2. The van der Waals surface area contributed by atoms with Crippen molar-refractivity contribution in [3.63, 3.8) is 0 Å². The quantitative estimate of drug-likeness (QED) is 0.0509. The van der Waals surface area contributed by atoms with Crippen LogP contribution in [0.1, 0.15) is 118 Å². The van der Waals surface area contributed by atoms with E-state index in [0.29, 0.717) is 43.4 Å². The Hall–Kier alpha value is -3.91. The number of hydrogen-bond donors (Lipinski definition) is 9. The van der Waals surface area contributed by atoms with Crippen LogP contribution in [0.4, 0.5) is 0 Å². The number of carboxylic acids is 5. The van der Waals surface area contributed by atoms with E-state index in [4.69, 9.17) is 0 Å². The summed E-state index contributed by atoms with van der Waals surface area (Å²) >= 11 is 0. The van der Waals surface area contributed by atoms with Gasteiger partial charge in [-0.1, -0.05) is 40.5 Å². The molecule has 4 aliphatic rings. The van der Waals surface area contributed by atoms with E-state index >= 15 is 0 Å². The molecule has 4 rings (SSSR count). The van der Waals surface area contributed by atoms with Crippen molar-refractivity contribution in [2.24, 2.45) is 46.3 Å². The molecule has 19 heteroatoms. The third-order valence-electron chi connectivity index (χ3n) is 16.0. The van der Waals surface area contributed by atoms with Gasteiger partial charge >= 0.3 is 29.8 Å².